The quantitative estimate of drug-likeness (QED) is 0.758. The Morgan fingerprint density at radius 3 is 2.58 bits per heavy atom. The van der Waals surface area contributed by atoms with Crippen LogP contribution in [0.4, 0.5) is 5.69 Å². The Labute approximate surface area is 141 Å². The molecule has 2 aliphatic rings. The predicted molar refractivity (Wildman–Crippen MR) is 91.1 cm³/mol. The standard InChI is InChI=1S/C20H19NO3/c1-13-11-14-7-4-6-10-17(14)21(13)19(23)20(2)12-15-8-3-5-9-16(15)18(22)24-20/h3-10,13H,11-12H2,1-2H3. The van der Waals surface area contributed by atoms with Gasteiger partial charge in [-0.15, -0.1) is 0 Å². The molecule has 2 aromatic carbocycles. The van der Waals surface area contributed by atoms with E-state index in [-0.39, 0.29) is 11.9 Å². The second-order valence-corrected chi connectivity index (χ2v) is 6.81. The average Bonchev–Trinajstić information content (AvgIpc) is 2.89. The number of amides is 1. The Kier molecular flexibility index (Phi) is 3.23. The summed E-state index contributed by atoms with van der Waals surface area (Å²) in [5.74, 6) is -0.573. The van der Waals surface area contributed by atoms with Crippen LogP contribution in [-0.4, -0.2) is 23.5 Å². The van der Waals surface area contributed by atoms with Gasteiger partial charge in [-0.2, -0.15) is 0 Å². The molecule has 0 spiro atoms. The first-order valence-corrected chi connectivity index (χ1v) is 8.22. The van der Waals surface area contributed by atoms with Crippen molar-refractivity contribution in [2.75, 3.05) is 4.90 Å². The topological polar surface area (TPSA) is 46.6 Å². The molecule has 0 fully saturated rings. The van der Waals surface area contributed by atoms with E-state index < -0.39 is 11.6 Å². The van der Waals surface area contributed by atoms with E-state index in [1.807, 2.05) is 49.4 Å². The van der Waals surface area contributed by atoms with Gasteiger partial charge in [-0.1, -0.05) is 36.4 Å². The number of rotatable bonds is 1. The molecular formula is C20H19NO3. The third-order valence-corrected chi connectivity index (χ3v) is 4.96. The molecule has 2 atom stereocenters. The number of ether oxygens (including phenoxy) is 1. The van der Waals surface area contributed by atoms with Crippen LogP contribution in [0.1, 0.15) is 35.3 Å². The summed E-state index contributed by atoms with van der Waals surface area (Å²) in [6.45, 7) is 3.75. The number of fused-ring (bicyclic) bond motifs is 2. The molecule has 24 heavy (non-hydrogen) atoms. The molecular weight excluding hydrogens is 302 g/mol. The van der Waals surface area contributed by atoms with Gasteiger partial charge in [0.05, 0.1) is 5.56 Å². The zero-order valence-corrected chi connectivity index (χ0v) is 13.8. The van der Waals surface area contributed by atoms with Crippen molar-refractivity contribution in [2.45, 2.75) is 38.3 Å². The zero-order valence-electron chi connectivity index (χ0n) is 13.8. The largest absolute Gasteiger partial charge is 0.445 e. The van der Waals surface area contributed by atoms with Gasteiger partial charge in [0.2, 0.25) is 0 Å². The van der Waals surface area contributed by atoms with Crippen molar-refractivity contribution in [1.29, 1.82) is 0 Å². The van der Waals surface area contributed by atoms with Crippen LogP contribution in [0.2, 0.25) is 0 Å². The maximum atomic E-state index is 13.3. The third kappa shape index (κ3) is 2.13. The number of nitrogens with zero attached hydrogens (tertiary/aromatic N) is 1. The number of para-hydroxylation sites is 1. The molecule has 2 aromatic rings. The predicted octanol–water partition coefficient (Wildman–Crippen LogP) is 3.14. The SMILES string of the molecule is CC1Cc2ccccc2N1C(=O)C1(C)Cc2ccccc2C(=O)O1. The van der Waals surface area contributed by atoms with Crippen molar-refractivity contribution < 1.29 is 14.3 Å². The molecule has 0 N–H and O–H groups in total. The van der Waals surface area contributed by atoms with Crippen LogP contribution in [0.3, 0.4) is 0 Å². The van der Waals surface area contributed by atoms with Gasteiger partial charge < -0.3 is 9.64 Å². The summed E-state index contributed by atoms with van der Waals surface area (Å²) >= 11 is 0. The second-order valence-electron chi connectivity index (χ2n) is 6.81. The van der Waals surface area contributed by atoms with Gasteiger partial charge in [0.25, 0.3) is 5.91 Å². The zero-order chi connectivity index (χ0) is 16.9. The maximum absolute atomic E-state index is 13.3. The van der Waals surface area contributed by atoms with Gasteiger partial charge in [0.1, 0.15) is 0 Å². The molecule has 0 saturated carbocycles. The maximum Gasteiger partial charge on any atom is 0.339 e. The Morgan fingerprint density at radius 2 is 1.79 bits per heavy atom. The van der Waals surface area contributed by atoms with Gasteiger partial charge in [0.15, 0.2) is 5.60 Å². The molecule has 4 rings (SSSR count). The summed E-state index contributed by atoms with van der Waals surface area (Å²) in [4.78, 5) is 27.4. The fourth-order valence-corrected chi connectivity index (χ4v) is 3.78. The molecule has 0 aliphatic carbocycles. The Bertz CT molecular complexity index is 844. The summed E-state index contributed by atoms with van der Waals surface area (Å²) in [5, 5.41) is 0. The molecule has 2 aliphatic heterocycles. The summed E-state index contributed by atoms with van der Waals surface area (Å²) in [6, 6.07) is 15.3. The molecule has 4 heteroatoms. The first-order valence-electron chi connectivity index (χ1n) is 8.22. The molecule has 122 valence electrons. The van der Waals surface area contributed by atoms with Crippen LogP contribution in [-0.2, 0) is 22.4 Å². The lowest BCUT2D eigenvalue weighted by Gasteiger charge is -2.37. The number of hydrogen-bond acceptors (Lipinski definition) is 3. The fraction of sp³-hybridized carbons (Fsp3) is 0.300. The van der Waals surface area contributed by atoms with Crippen molar-refractivity contribution in [2.24, 2.45) is 0 Å². The van der Waals surface area contributed by atoms with Crippen molar-refractivity contribution in [3.63, 3.8) is 0 Å². The van der Waals surface area contributed by atoms with Crippen LogP contribution in [0.15, 0.2) is 48.5 Å². The van der Waals surface area contributed by atoms with Crippen LogP contribution < -0.4 is 4.90 Å². The third-order valence-electron chi connectivity index (χ3n) is 4.96. The van der Waals surface area contributed by atoms with Crippen LogP contribution in [0.25, 0.3) is 0 Å². The number of carbonyl (C=O) groups excluding carboxylic acids is 2. The fourth-order valence-electron chi connectivity index (χ4n) is 3.78. The highest BCUT2D eigenvalue weighted by molar-refractivity contribution is 6.05. The van der Waals surface area contributed by atoms with E-state index in [0.29, 0.717) is 12.0 Å². The Morgan fingerprint density at radius 1 is 1.12 bits per heavy atom. The Hall–Kier alpha value is -2.62. The number of anilines is 1. The monoisotopic (exact) mass is 321 g/mol. The number of carbonyl (C=O) groups is 2. The van der Waals surface area contributed by atoms with E-state index in [1.54, 1.807) is 17.9 Å². The lowest BCUT2D eigenvalue weighted by Crippen LogP contribution is -2.54. The smallest absolute Gasteiger partial charge is 0.339 e. The molecule has 0 radical (unpaired) electrons. The normalized spacial score (nSPS) is 25.0. The Balaban J connectivity index is 1.72. The van der Waals surface area contributed by atoms with Gasteiger partial charge >= 0.3 is 5.97 Å². The van der Waals surface area contributed by atoms with Crippen LogP contribution in [0, 0.1) is 0 Å². The van der Waals surface area contributed by atoms with Gasteiger partial charge in [-0.05, 0) is 43.5 Å². The van der Waals surface area contributed by atoms with Crippen molar-refractivity contribution in [3.8, 4) is 0 Å². The second kappa shape index (κ2) is 5.20. The lowest BCUT2D eigenvalue weighted by atomic mass is 9.88. The molecule has 4 nitrogen and oxygen atoms in total. The first kappa shape index (κ1) is 14.9. The van der Waals surface area contributed by atoms with Gasteiger partial charge in [0, 0.05) is 18.2 Å². The number of cyclic esters (lactones) is 1. The minimum atomic E-state index is -1.17. The number of benzene rings is 2. The number of esters is 1. The van der Waals surface area contributed by atoms with E-state index in [2.05, 4.69) is 0 Å². The summed E-state index contributed by atoms with van der Waals surface area (Å²) in [7, 11) is 0. The summed E-state index contributed by atoms with van der Waals surface area (Å²) in [6.07, 6.45) is 1.22. The minimum Gasteiger partial charge on any atom is -0.445 e. The highest BCUT2D eigenvalue weighted by Crippen LogP contribution is 2.37. The van der Waals surface area contributed by atoms with Gasteiger partial charge in [-0.3, -0.25) is 4.79 Å². The molecule has 2 heterocycles. The lowest BCUT2D eigenvalue weighted by molar-refractivity contribution is -0.137. The van der Waals surface area contributed by atoms with E-state index >= 15 is 0 Å². The van der Waals surface area contributed by atoms with Crippen LogP contribution >= 0.6 is 0 Å². The highest BCUT2D eigenvalue weighted by atomic mass is 16.6. The van der Waals surface area contributed by atoms with E-state index in [1.165, 1.54) is 0 Å². The van der Waals surface area contributed by atoms with Crippen molar-refractivity contribution >= 4 is 17.6 Å². The average molecular weight is 321 g/mol. The van der Waals surface area contributed by atoms with Crippen LogP contribution in [0.5, 0.6) is 0 Å². The van der Waals surface area contributed by atoms with E-state index in [0.717, 1.165) is 23.2 Å². The molecule has 0 bridgehead atoms. The molecule has 1 amide bonds. The van der Waals surface area contributed by atoms with Gasteiger partial charge in [-0.25, -0.2) is 4.79 Å². The molecule has 0 aromatic heterocycles. The van der Waals surface area contributed by atoms with Crippen molar-refractivity contribution in [1.82, 2.24) is 0 Å². The van der Waals surface area contributed by atoms with Crippen molar-refractivity contribution in [3.05, 3.63) is 65.2 Å². The van der Waals surface area contributed by atoms with E-state index in [9.17, 15) is 9.59 Å². The highest BCUT2D eigenvalue weighted by Gasteiger charge is 2.47. The summed E-state index contributed by atoms with van der Waals surface area (Å²) < 4.78 is 5.61. The molecule has 2 unspecified atom stereocenters. The molecule has 0 saturated heterocycles. The summed E-state index contributed by atoms with van der Waals surface area (Å²) in [5.41, 5.74) is 2.33. The van der Waals surface area contributed by atoms with E-state index in [4.69, 9.17) is 4.74 Å². The number of hydrogen-bond donors (Lipinski definition) is 0. The minimum absolute atomic E-state index is 0.0580. The first-order chi connectivity index (χ1) is 11.5.